The van der Waals surface area contributed by atoms with E-state index in [9.17, 15) is 0 Å². The van der Waals surface area contributed by atoms with Crippen LogP contribution in [-0.4, -0.2) is 30.6 Å². The van der Waals surface area contributed by atoms with Gasteiger partial charge in [-0.15, -0.1) is 0 Å². The third-order valence-electron chi connectivity index (χ3n) is 4.04. The molecule has 0 bridgehead atoms. The maximum atomic E-state index is 6.23. The molecule has 0 saturated heterocycles. The second-order valence-electron chi connectivity index (χ2n) is 5.34. The van der Waals surface area contributed by atoms with Gasteiger partial charge >= 0.3 is 0 Å². The van der Waals surface area contributed by atoms with Crippen LogP contribution >= 0.6 is 15.9 Å². The molecule has 2 rings (SSSR count). The normalized spacial score (nSPS) is 24.4. The summed E-state index contributed by atoms with van der Waals surface area (Å²) >= 11 is 3.61. The Morgan fingerprint density at radius 2 is 2.00 bits per heavy atom. The molecule has 2 atom stereocenters. The molecule has 1 aliphatic rings. The minimum atomic E-state index is 0.364. The minimum Gasteiger partial charge on any atom is -0.326 e. The zero-order chi connectivity index (χ0) is 13.0. The van der Waals surface area contributed by atoms with E-state index >= 15 is 0 Å². The van der Waals surface area contributed by atoms with Crippen molar-refractivity contribution in [1.29, 1.82) is 0 Å². The van der Waals surface area contributed by atoms with E-state index in [1.165, 1.54) is 35.7 Å². The second kappa shape index (κ2) is 6.69. The second-order valence-corrected chi connectivity index (χ2v) is 6.19. The summed E-state index contributed by atoms with van der Waals surface area (Å²) in [6.07, 6.45) is 6.16. The van der Waals surface area contributed by atoms with Crippen LogP contribution in [0.4, 0.5) is 0 Å². The summed E-state index contributed by atoms with van der Waals surface area (Å²) in [6, 6.07) is 9.41. The van der Waals surface area contributed by atoms with Gasteiger partial charge in [0.15, 0.2) is 0 Å². The SMILES string of the molecule is CN(CCc1ccccc1Br)C1CCCCC1N. The molecule has 3 heteroatoms. The van der Waals surface area contributed by atoms with Gasteiger partial charge in [0.05, 0.1) is 0 Å². The molecule has 0 aliphatic heterocycles. The molecule has 0 spiro atoms. The van der Waals surface area contributed by atoms with Crippen molar-refractivity contribution < 1.29 is 0 Å². The van der Waals surface area contributed by atoms with E-state index in [0.29, 0.717) is 12.1 Å². The highest BCUT2D eigenvalue weighted by Crippen LogP contribution is 2.22. The van der Waals surface area contributed by atoms with E-state index < -0.39 is 0 Å². The summed E-state index contributed by atoms with van der Waals surface area (Å²) in [5.41, 5.74) is 7.61. The highest BCUT2D eigenvalue weighted by Gasteiger charge is 2.24. The Balaban J connectivity index is 1.88. The van der Waals surface area contributed by atoms with E-state index in [-0.39, 0.29) is 0 Å². The lowest BCUT2D eigenvalue weighted by atomic mass is 9.90. The lowest BCUT2D eigenvalue weighted by Gasteiger charge is -2.36. The molecular formula is C15H23BrN2. The number of nitrogens with zero attached hydrogens (tertiary/aromatic N) is 1. The van der Waals surface area contributed by atoms with Gasteiger partial charge in [0.25, 0.3) is 0 Å². The van der Waals surface area contributed by atoms with Gasteiger partial charge in [-0.3, -0.25) is 0 Å². The molecule has 1 saturated carbocycles. The van der Waals surface area contributed by atoms with Crippen molar-refractivity contribution in [3.05, 3.63) is 34.3 Å². The van der Waals surface area contributed by atoms with E-state index in [4.69, 9.17) is 5.73 Å². The van der Waals surface area contributed by atoms with Crippen LogP contribution in [0.3, 0.4) is 0 Å². The van der Waals surface area contributed by atoms with E-state index in [1.807, 2.05) is 0 Å². The number of likely N-dealkylation sites (N-methyl/N-ethyl adjacent to an activating group) is 1. The molecule has 1 aromatic rings. The quantitative estimate of drug-likeness (QED) is 0.925. The van der Waals surface area contributed by atoms with Crippen LogP contribution in [0.2, 0.25) is 0 Å². The number of hydrogen-bond acceptors (Lipinski definition) is 2. The first-order valence-electron chi connectivity index (χ1n) is 6.87. The monoisotopic (exact) mass is 310 g/mol. The smallest absolute Gasteiger partial charge is 0.0244 e. The first kappa shape index (κ1) is 14.0. The third-order valence-corrected chi connectivity index (χ3v) is 4.81. The van der Waals surface area contributed by atoms with Gasteiger partial charge in [0.1, 0.15) is 0 Å². The summed E-state index contributed by atoms with van der Waals surface area (Å²) < 4.78 is 1.21. The van der Waals surface area contributed by atoms with Crippen molar-refractivity contribution in [2.24, 2.45) is 5.73 Å². The van der Waals surface area contributed by atoms with Gasteiger partial charge in [-0.05, 0) is 37.9 Å². The zero-order valence-electron chi connectivity index (χ0n) is 11.1. The molecule has 0 aromatic heterocycles. The summed E-state index contributed by atoms with van der Waals surface area (Å²) in [6.45, 7) is 1.08. The fourth-order valence-corrected chi connectivity index (χ4v) is 3.33. The summed E-state index contributed by atoms with van der Waals surface area (Å²) in [4.78, 5) is 2.45. The van der Waals surface area contributed by atoms with Crippen LogP contribution in [0.1, 0.15) is 31.2 Å². The van der Waals surface area contributed by atoms with Crippen molar-refractivity contribution >= 4 is 15.9 Å². The maximum absolute atomic E-state index is 6.23. The highest BCUT2D eigenvalue weighted by molar-refractivity contribution is 9.10. The Kier molecular flexibility index (Phi) is 5.22. The summed E-state index contributed by atoms with van der Waals surface area (Å²) in [7, 11) is 2.21. The van der Waals surface area contributed by atoms with Gasteiger partial charge in [0, 0.05) is 23.1 Å². The molecule has 1 aromatic carbocycles. The summed E-state index contributed by atoms with van der Waals surface area (Å²) in [5.74, 6) is 0. The molecular weight excluding hydrogens is 288 g/mol. The fourth-order valence-electron chi connectivity index (χ4n) is 2.85. The molecule has 18 heavy (non-hydrogen) atoms. The standard InChI is InChI=1S/C15H23BrN2/c1-18(15-9-5-4-8-14(15)17)11-10-12-6-2-3-7-13(12)16/h2-3,6-7,14-15H,4-5,8-11,17H2,1H3. The predicted octanol–water partition coefficient (Wildman–Crippen LogP) is 3.19. The van der Waals surface area contributed by atoms with E-state index in [1.54, 1.807) is 0 Å². The Morgan fingerprint density at radius 1 is 1.28 bits per heavy atom. The van der Waals surface area contributed by atoms with Crippen molar-refractivity contribution in [2.45, 2.75) is 44.2 Å². The number of halogens is 1. The van der Waals surface area contributed by atoms with Crippen molar-refractivity contribution in [2.75, 3.05) is 13.6 Å². The van der Waals surface area contributed by atoms with Gasteiger partial charge in [-0.25, -0.2) is 0 Å². The van der Waals surface area contributed by atoms with Gasteiger partial charge < -0.3 is 10.6 Å². The van der Waals surface area contributed by atoms with Crippen molar-refractivity contribution in [3.63, 3.8) is 0 Å². The maximum Gasteiger partial charge on any atom is 0.0244 e. The lowest BCUT2D eigenvalue weighted by molar-refractivity contribution is 0.170. The van der Waals surface area contributed by atoms with Gasteiger partial charge in [0.2, 0.25) is 0 Å². The van der Waals surface area contributed by atoms with Crippen LogP contribution in [-0.2, 0) is 6.42 Å². The van der Waals surface area contributed by atoms with Gasteiger partial charge in [-0.1, -0.05) is 47.0 Å². The fraction of sp³-hybridized carbons (Fsp3) is 0.600. The molecule has 2 N–H and O–H groups in total. The number of benzene rings is 1. The Labute approximate surface area is 119 Å². The van der Waals surface area contributed by atoms with Crippen LogP contribution in [0.15, 0.2) is 28.7 Å². The minimum absolute atomic E-state index is 0.364. The predicted molar refractivity (Wildman–Crippen MR) is 80.7 cm³/mol. The average Bonchev–Trinajstić information content (AvgIpc) is 2.38. The number of hydrogen-bond donors (Lipinski definition) is 1. The van der Waals surface area contributed by atoms with Crippen LogP contribution in [0.25, 0.3) is 0 Å². The topological polar surface area (TPSA) is 29.3 Å². The van der Waals surface area contributed by atoms with Crippen molar-refractivity contribution in [1.82, 2.24) is 4.90 Å². The summed E-state index contributed by atoms with van der Waals surface area (Å²) in [5, 5.41) is 0. The van der Waals surface area contributed by atoms with Gasteiger partial charge in [-0.2, -0.15) is 0 Å². The van der Waals surface area contributed by atoms with E-state index in [0.717, 1.165) is 13.0 Å². The average molecular weight is 311 g/mol. The van der Waals surface area contributed by atoms with E-state index in [2.05, 4.69) is 52.1 Å². The molecule has 2 nitrogen and oxygen atoms in total. The molecule has 1 aliphatic carbocycles. The zero-order valence-corrected chi connectivity index (χ0v) is 12.7. The first-order valence-corrected chi connectivity index (χ1v) is 7.67. The van der Waals surface area contributed by atoms with Crippen LogP contribution in [0, 0.1) is 0 Å². The molecule has 100 valence electrons. The lowest BCUT2D eigenvalue weighted by Crippen LogP contribution is -2.48. The Hall–Kier alpha value is -0.380. The Bertz CT molecular complexity index is 381. The highest BCUT2D eigenvalue weighted by atomic mass is 79.9. The number of nitrogens with two attached hydrogens (primary N) is 1. The largest absolute Gasteiger partial charge is 0.326 e. The molecule has 0 heterocycles. The number of rotatable bonds is 4. The first-order chi connectivity index (χ1) is 8.68. The van der Waals surface area contributed by atoms with Crippen molar-refractivity contribution in [3.8, 4) is 0 Å². The van der Waals surface area contributed by atoms with Crippen LogP contribution < -0.4 is 5.73 Å². The molecule has 0 radical (unpaired) electrons. The Morgan fingerprint density at radius 3 is 2.72 bits per heavy atom. The molecule has 2 unspecified atom stereocenters. The third kappa shape index (κ3) is 3.56. The molecule has 0 amide bonds. The molecule has 1 fully saturated rings. The van der Waals surface area contributed by atoms with Crippen LogP contribution in [0.5, 0.6) is 0 Å².